The molecule has 3 atom stereocenters. The van der Waals surface area contributed by atoms with Gasteiger partial charge >= 0.3 is 0 Å². The molecule has 0 bridgehead atoms. The maximum Gasteiger partial charge on any atom is 0.118 e. The molecular weight excluding hydrogens is 320 g/mol. The lowest BCUT2D eigenvalue weighted by molar-refractivity contribution is -0.135. The van der Waals surface area contributed by atoms with Crippen molar-refractivity contribution in [3.05, 3.63) is 29.8 Å². The van der Waals surface area contributed by atoms with E-state index in [4.69, 9.17) is 0 Å². The van der Waals surface area contributed by atoms with Gasteiger partial charge in [0.15, 0.2) is 0 Å². The van der Waals surface area contributed by atoms with Gasteiger partial charge in [0.05, 0.1) is 0 Å². The Balaban J connectivity index is 1.68. The first-order chi connectivity index (χ1) is 12.3. The third kappa shape index (κ3) is 3.94. The largest absolute Gasteiger partial charge is 0.376 e. The van der Waals surface area contributed by atoms with E-state index in [1.807, 2.05) is 0 Å². The van der Waals surface area contributed by atoms with Gasteiger partial charge < -0.3 is 10.0 Å². The number of anilines is 1. The lowest BCUT2D eigenvalue weighted by Crippen LogP contribution is -2.51. The van der Waals surface area contributed by atoms with Crippen LogP contribution in [0.1, 0.15) is 58.9 Å². The molecule has 1 aromatic carbocycles. The molecule has 1 N–H and O–H groups in total. The van der Waals surface area contributed by atoms with Crippen molar-refractivity contribution in [1.82, 2.24) is 4.90 Å². The van der Waals surface area contributed by atoms with Crippen molar-refractivity contribution in [3.63, 3.8) is 0 Å². The molecule has 2 aliphatic heterocycles. The van der Waals surface area contributed by atoms with Crippen molar-refractivity contribution in [2.24, 2.45) is 17.3 Å². The molecule has 2 saturated heterocycles. The van der Waals surface area contributed by atoms with Crippen LogP contribution in [0.15, 0.2) is 24.3 Å². The highest BCUT2D eigenvalue weighted by Crippen LogP contribution is 2.44. The third-order valence-corrected chi connectivity index (χ3v) is 6.91. The van der Waals surface area contributed by atoms with Crippen molar-refractivity contribution in [2.45, 2.75) is 66.0 Å². The summed E-state index contributed by atoms with van der Waals surface area (Å²) >= 11 is 0. The van der Waals surface area contributed by atoms with Crippen LogP contribution in [0, 0.1) is 24.2 Å². The van der Waals surface area contributed by atoms with Crippen molar-refractivity contribution >= 4 is 5.69 Å². The van der Waals surface area contributed by atoms with Gasteiger partial charge in [-0.05, 0) is 63.1 Å². The third-order valence-electron chi connectivity index (χ3n) is 6.91. The summed E-state index contributed by atoms with van der Waals surface area (Å²) in [6.45, 7) is 15.3. The van der Waals surface area contributed by atoms with E-state index in [0.29, 0.717) is 17.3 Å². The number of hydrogen-bond donors (Lipinski definition) is 1. The Morgan fingerprint density at radius 1 is 1.19 bits per heavy atom. The van der Waals surface area contributed by atoms with Gasteiger partial charge in [-0.15, -0.1) is 0 Å². The maximum absolute atomic E-state index is 11.4. The van der Waals surface area contributed by atoms with E-state index >= 15 is 0 Å². The second kappa shape index (κ2) is 7.52. The topological polar surface area (TPSA) is 26.7 Å². The Labute approximate surface area is 160 Å². The van der Waals surface area contributed by atoms with E-state index in [9.17, 15) is 5.11 Å². The zero-order valence-electron chi connectivity index (χ0n) is 17.5. The predicted molar refractivity (Wildman–Crippen MR) is 110 cm³/mol. The minimum absolute atomic E-state index is 0.351. The van der Waals surface area contributed by atoms with Crippen LogP contribution in [0.5, 0.6) is 0 Å². The predicted octanol–water partition coefficient (Wildman–Crippen LogP) is 4.68. The van der Waals surface area contributed by atoms with Crippen LogP contribution >= 0.6 is 0 Å². The highest BCUT2D eigenvalue weighted by Gasteiger charge is 2.49. The van der Waals surface area contributed by atoms with E-state index in [0.717, 1.165) is 39.0 Å². The van der Waals surface area contributed by atoms with Gasteiger partial charge in [0, 0.05) is 43.2 Å². The summed E-state index contributed by atoms with van der Waals surface area (Å²) in [5.41, 5.74) is 2.36. The number of aliphatic hydroxyl groups is 1. The van der Waals surface area contributed by atoms with Gasteiger partial charge in [0.25, 0.3) is 0 Å². The molecule has 2 aliphatic rings. The first-order valence-corrected chi connectivity index (χ1v) is 10.5. The molecule has 0 radical (unpaired) electrons. The minimum atomic E-state index is -0.681. The molecule has 3 rings (SSSR count). The molecule has 3 nitrogen and oxygen atoms in total. The van der Waals surface area contributed by atoms with E-state index in [-0.39, 0.29) is 0 Å². The number of aryl methyl sites for hydroxylation is 1. The fraction of sp³-hybridized carbons (Fsp3) is 0.739. The number of hydrogen-bond acceptors (Lipinski definition) is 3. The SMILES string of the molecule is CCC(CC(C)C)C(C)(O)N1CCC2(CCN(c3cccc(C)c3)C2)C1. The first-order valence-electron chi connectivity index (χ1n) is 10.5. The van der Waals surface area contributed by atoms with Crippen LogP contribution in [0.25, 0.3) is 0 Å². The van der Waals surface area contributed by atoms with E-state index in [1.165, 1.54) is 24.1 Å². The van der Waals surface area contributed by atoms with Crippen LogP contribution < -0.4 is 4.90 Å². The lowest BCUT2D eigenvalue weighted by Gasteiger charge is -2.42. The fourth-order valence-electron chi connectivity index (χ4n) is 5.24. The van der Waals surface area contributed by atoms with Crippen molar-refractivity contribution in [2.75, 3.05) is 31.1 Å². The molecule has 1 aromatic rings. The molecule has 26 heavy (non-hydrogen) atoms. The summed E-state index contributed by atoms with van der Waals surface area (Å²) in [6, 6.07) is 8.88. The van der Waals surface area contributed by atoms with Gasteiger partial charge in [-0.25, -0.2) is 0 Å². The highest BCUT2D eigenvalue weighted by atomic mass is 16.3. The van der Waals surface area contributed by atoms with Gasteiger partial charge in [-0.3, -0.25) is 4.90 Å². The molecule has 0 aliphatic carbocycles. The lowest BCUT2D eigenvalue weighted by atomic mass is 9.84. The number of rotatable bonds is 6. The summed E-state index contributed by atoms with van der Waals surface area (Å²) in [6.07, 6.45) is 4.60. The van der Waals surface area contributed by atoms with E-state index in [2.05, 4.69) is 68.7 Å². The second-order valence-electron chi connectivity index (χ2n) is 9.51. The Hall–Kier alpha value is -1.06. The van der Waals surface area contributed by atoms with Crippen LogP contribution in [-0.4, -0.2) is 41.9 Å². The van der Waals surface area contributed by atoms with Crippen molar-refractivity contribution in [1.29, 1.82) is 0 Å². The van der Waals surface area contributed by atoms with Gasteiger partial charge in [-0.2, -0.15) is 0 Å². The van der Waals surface area contributed by atoms with Gasteiger partial charge in [-0.1, -0.05) is 32.9 Å². The van der Waals surface area contributed by atoms with Gasteiger partial charge in [0.1, 0.15) is 5.72 Å². The minimum Gasteiger partial charge on any atom is -0.376 e. The van der Waals surface area contributed by atoms with Crippen LogP contribution in [0.4, 0.5) is 5.69 Å². The Morgan fingerprint density at radius 2 is 1.92 bits per heavy atom. The fourth-order valence-corrected chi connectivity index (χ4v) is 5.24. The molecule has 2 heterocycles. The molecule has 3 unspecified atom stereocenters. The van der Waals surface area contributed by atoms with Crippen LogP contribution in [0.2, 0.25) is 0 Å². The van der Waals surface area contributed by atoms with Gasteiger partial charge in [0.2, 0.25) is 0 Å². The molecule has 1 spiro atoms. The average Bonchev–Trinajstić information content (AvgIpc) is 3.20. The normalized spacial score (nSPS) is 27.4. The van der Waals surface area contributed by atoms with Crippen LogP contribution in [-0.2, 0) is 0 Å². The Kier molecular flexibility index (Phi) is 5.69. The molecule has 3 heteroatoms. The summed E-state index contributed by atoms with van der Waals surface area (Å²) in [5, 5.41) is 11.4. The summed E-state index contributed by atoms with van der Waals surface area (Å²) in [5.74, 6) is 0.984. The zero-order chi connectivity index (χ0) is 18.9. The quantitative estimate of drug-likeness (QED) is 0.800. The number of benzene rings is 1. The molecule has 0 aromatic heterocycles. The molecule has 0 saturated carbocycles. The molecular formula is C23H38N2O. The molecule has 2 fully saturated rings. The summed E-state index contributed by atoms with van der Waals surface area (Å²) in [4.78, 5) is 4.94. The van der Waals surface area contributed by atoms with Crippen LogP contribution in [0.3, 0.4) is 0 Å². The number of likely N-dealkylation sites (tertiary alicyclic amines) is 1. The average molecular weight is 359 g/mol. The monoisotopic (exact) mass is 358 g/mol. The van der Waals surface area contributed by atoms with E-state index in [1.54, 1.807) is 0 Å². The zero-order valence-corrected chi connectivity index (χ0v) is 17.5. The maximum atomic E-state index is 11.4. The second-order valence-corrected chi connectivity index (χ2v) is 9.51. The Morgan fingerprint density at radius 3 is 2.58 bits per heavy atom. The highest BCUT2D eigenvalue weighted by molar-refractivity contribution is 5.49. The summed E-state index contributed by atoms with van der Waals surface area (Å²) in [7, 11) is 0. The first kappa shape index (κ1) is 19.7. The van der Waals surface area contributed by atoms with E-state index < -0.39 is 5.72 Å². The molecule has 0 amide bonds. The van der Waals surface area contributed by atoms with Crippen molar-refractivity contribution in [3.8, 4) is 0 Å². The number of nitrogens with zero attached hydrogens (tertiary/aromatic N) is 2. The standard InChI is InChI=1S/C23H38N2O/c1-6-20(14-18(2)3)22(5,26)25-13-11-23(17-25)10-12-24(16-23)21-9-7-8-19(4)15-21/h7-9,15,18,20,26H,6,10-14,16-17H2,1-5H3. The smallest absolute Gasteiger partial charge is 0.118 e. The summed E-state index contributed by atoms with van der Waals surface area (Å²) < 4.78 is 0. The van der Waals surface area contributed by atoms with Crippen molar-refractivity contribution < 1.29 is 5.11 Å². The Bertz CT molecular complexity index is 612. The molecule has 146 valence electrons.